The quantitative estimate of drug-likeness (QED) is 0.755. The SMILES string of the molecule is CCC(C(=O)OCCC(F)=C(F)F)n1cc(Cl)cn1. The molecule has 106 valence electrons. The van der Waals surface area contributed by atoms with Crippen LogP contribution in [-0.2, 0) is 9.53 Å². The standard InChI is InChI=1S/C11H12ClF3N2O2/c1-2-9(17-6-7(12)5-16-17)11(18)19-4-3-8(13)10(14)15/h5-6,9H,2-4H2,1H3. The molecule has 1 aromatic heterocycles. The lowest BCUT2D eigenvalue weighted by molar-refractivity contribution is -0.148. The molecule has 0 aliphatic rings. The average molecular weight is 297 g/mol. The molecule has 0 amide bonds. The molecule has 0 N–H and O–H groups in total. The van der Waals surface area contributed by atoms with Crippen molar-refractivity contribution in [3.63, 3.8) is 0 Å². The zero-order valence-corrected chi connectivity index (χ0v) is 10.8. The maximum Gasteiger partial charge on any atom is 0.330 e. The van der Waals surface area contributed by atoms with Gasteiger partial charge in [-0.05, 0) is 6.42 Å². The Kier molecular flexibility index (Phi) is 5.88. The van der Waals surface area contributed by atoms with Crippen molar-refractivity contribution >= 4 is 17.6 Å². The molecule has 0 saturated heterocycles. The minimum absolute atomic E-state index is 0.361. The van der Waals surface area contributed by atoms with Crippen molar-refractivity contribution in [2.24, 2.45) is 0 Å². The lowest BCUT2D eigenvalue weighted by Gasteiger charge is -2.14. The molecule has 8 heteroatoms. The second kappa shape index (κ2) is 7.18. The first-order chi connectivity index (χ1) is 8.95. The van der Waals surface area contributed by atoms with E-state index in [-0.39, 0.29) is 0 Å². The van der Waals surface area contributed by atoms with E-state index < -0.39 is 36.9 Å². The largest absolute Gasteiger partial charge is 0.464 e. The maximum absolute atomic E-state index is 12.5. The highest BCUT2D eigenvalue weighted by molar-refractivity contribution is 6.30. The van der Waals surface area contributed by atoms with E-state index >= 15 is 0 Å². The number of nitrogens with zero attached hydrogens (tertiary/aromatic N) is 2. The smallest absolute Gasteiger partial charge is 0.330 e. The first-order valence-corrected chi connectivity index (χ1v) is 5.89. The van der Waals surface area contributed by atoms with Crippen LogP contribution < -0.4 is 0 Å². The van der Waals surface area contributed by atoms with Gasteiger partial charge in [0.2, 0.25) is 0 Å². The molecule has 1 aromatic rings. The van der Waals surface area contributed by atoms with Crippen molar-refractivity contribution in [2.45, 2.75) is 25.8 Å². The molecule has 0 saturated carbocycles. The van der Waals surface area contributed by atoms with Crippen molar-refractivity contribution in [1.82, 2.24) is 9.78 Å². The van der Waals surface area contributed by atoms with Gasteiger partial charge in [-0.25, -0.2) is 9.18 Å². The van der Waals surface area contributed by atoms with E-state index in [9.17, 15) is 18.0 Å². The van der Waals surface area contributed by atoms with E-state index in [1.54, 1.807) is 6.92 Å². The molecular formula is C11H12ClF3N2O2. The van der Waals surface area contributed by atoms with E-state index in [0.29, 0.717) is 11.4 Å². The number of aromatic nitrogens is 2. The molecule has 1 heterocycles. The molecule has 4 nitrogen and oxygen atoms in total. The highest BCUT2D eigenvalue weighted by atomic mass is 35.5. The van der Waals surface area contributed by atoms with Crippen LogP contribution in [0.25, 0.3) is 0 Å². The van der Waals surface area contributed by atoms with Crippen LogP contribution in [0.5, 0.6) is 0 Å². The van der Waals surface area contributed by atoms with E-state index in [0.717, 1.165) is 0 Å². The van der Waals surface area contributed by atoms with Crippen LogP contribution in [0.15, 0.2) is 24.3 Å². The predicted octanol–water partition coefficient (Wildman–Crippen LogP) is 3.50. The van der Waals surface area contributed by atoms with Crippen molar-refractivity contribution in [1.29, 1.82) is 0 Å². The topological polar surface area (TPSA) is 44.1 Å². The molecule has 0 spiro atoms. The van der Waals surface area contributed by atoms with Crippen LogP contribution in [0.1, 0.15) is 25.8 Å². The van der Waals surface area contributed by atoms with Crippen molar-refractivity contribution in [3.05, 3.63) is 29.3 Å². The number of rotatable bonds is 6. The van der Waals surface area contributed by atoms with Crippen molar-refractivity contribution < 1.29 is 22.7 Å². The fraction of sp³-hybridized carbons (Fsp3) is 0.455. The summed E-state index contributed by atoms with van der Waals surface area (Å²) in [6, 6.07) is -0.713. The van der Waals surface area contributed by atoms with E-state index in [4.69, 9.17) is 16.3 Å². The minimum atomic E-state index is -2.40. The summed E-state index contributed by atoms with van der Waals surface area (Å²) in [5, 5.41) is 4.22. The van der Waals surface area contributed by atoms with E-state index in [1.807, 2.05) is 0 Å². The highest BCUT2D eigenvalue weighted by Gasteiger charge is 2.21. The fourth-order valence-electron chi connectivity index (χ4n) is 1.38. The van der Waals surface area contributed by atoms with Gasteiger partial charge in [0.05, 0.1) is 17.8 Å². The second-order valence-corrected chi connectivity index (χ2v) is 4.08. The van der Waals surface area contributed by atoms with Gasteiger partial charge in [0.25, 0.3) is 0 Å². The average Bonchev–Trinajstić information content (AvgIpc) is 2.76. The molecular weight excluding hydrogens is 285 g/mol. The Morgan fingerprint density at radius 2 is 2.21 bits per heavy atom. The number of hydrogen-bond donors (Lipinski definition) is 0. The molecule has 0 aromatic carbocycles. The maximum atomic E-state index is 12.5. The van der Waals surface area contributed by atoms with Gasteiger partial charge >= 0.3 is 12.0 Å². The highest BCUT2D eigenvalue weighted by Crippen LogP contribution is 2.17. The van der Waals surface area contributed by atoms with Gasteiger partial charge in [0.1, 0.15) is 6.04 Å². The van der Waals surface area contributed by atoms with Gasteiger partial charge in [-0.1, -0.05) is 18.5 Å². The summed E-state index contributed by atoms with van der Waals surface area (Å²) in [7, 11) is 0. The lowest BCUT2D eigenvalue weighted by atomic mass is 10.2. The summed E-state index contributed by atoms with van der Waals surface area (Å²) in [5.74, 6) is -2.25. The Bertz CT molecular complexity index is 472. The number of halogens is 4. The normalized spacial score (nSPS) is 12.1. The molecule has 0 bridgehead atoms. The Labute approximate surface area is 112 Å². The lowest BCUT2D eigenvalue weighted by Crippen LogP contribution is -2.22. The van der Waals surface area contributed by atoms with Crippen LogP contribution in [0.3, 0.4) is 0 Å². The van der Waals surface area contributed by atoms with Gasteiger partial charge in [0.15, 0.2) is 5.83 Å². The molecule has 0 aliphatic carbocycles. The van der Waals surface area contributed by atoms with Gasteiger partial charge < -0.3 is 4.74 Å². The zero-order valence-electron chi connectivity index (χ0n) is 10.1. The molecule has 1 unspecified atom stereocenters. The predicted molar refractivity (Wildman–Crippen MR) is 62.5 cm³/mol. The number of ether oxygens (including phenoxy) is 1. The van der Waals surface area contributed by atoms with E-state index in [2.05, 4.69) is 5.10 Å². The van der Waals surface area contributed by atoms with E-state index in [1.165, 1.54) is 17.1 Å². The molecule has 1 atom stereocenters. The molecule has 19 heavy (non-hydrogen) atoms. The molecule has 0 radical (unpaired) electrons. The molecule has 0 fully saturated rings. The van der Waals surface area contributed by atoms with Crippen LogP contribution in [-0.4, -0.2) is 22.4 Å². The summed E-state index contributed by atoms with van der Waals surface area (Å²) in [6.07, 6.45) is 0.135. The van der Waals surface area contributed by atoms with Gasteiger partial charge in [-0.3, -0.25) is 4.68 Å². The number of hydrogen-bond acceptors (Lipinski definition) is 3. The Balaban J connectivity index is 2.54. The van der Waals surface area contributed by atoms with Gasteiger partial charge in [-0.15, -0.1) is 0 Å². The van der Waals surface area contributed by atoms with Crippen LogP contribution in [0.2, 0.25) is 5.02 Å². The number of esters is 1. The zero-order chi connectivity index (χ0) is 14.4. The summed E-state index contributed by atoms with van der Waals surface area (Å²) in [6.45, 7) is 1.27. The van der Waals surface area contributed by atoms with Crippen LogP contribution in [0.4, 0.5) is 13.2 Å². The van der Waals surface area contributed by atoms with Gasteiger partial charge in [-0.2, -0.15) is 13.9 Å². The van der Waals surface area contributed by atoms with Crippen LogP contribution in [0, 0.1) is 0 Å². The summed E-state index contributed by atoms with van der Waals surface area (Å²) < 4.78 is 42.1. The summed E-state index contributed by atoms with van der Waals surface area (Å²) in [5.41, 5.74) is 0. The molecule has 1 rings (SSSR count). The van der Waals surface area contributed by atoms with Gasteiger partial charge in [0, 0.05) is 12.6 Å². The monoisotopic (exact) mass is 296 g/mol. The summed E-state index contributed by atoms with van der Waals surface area (Å²) in [4.78, 5) is 11.7. The Morgan fingerprint density at radius 1 is 1.53 bits per heavy atom. The fourth-order valence-corrected chi connectivity index (χ4v) is 1.52. The van der Waals surface area contributed by atoms with Crippen LogP contribution >= 0.6 is 11.6 Å². The number of carbonyl (C=O) groups excluding carboxylic acids is 1. The Hall–Kier alpha value is -1.50. The second-order valence-electron chi connectivity index (χ2n) is 3.65. The third-order valence-electron chi connectivity index (χ3n) is 2.32. The Morgan fingerprint density at radius 3 is 2.68 bits per heavy atom. The van der Waals surface area contributed by atoms with Crippen molar-refractivity contribution in [2.75, 3.05) is 6.61 Å². The minimum Gasteiger partial charge on any atom is -0.464 e. The molecule has 0 aliphatic heterocycles. The third-order valence-corrected chi connectivity index (χ3v) is 2.51. The van der Waals surface area contributed by atoms with Crippen molar-refractivity contribution in [3.8, 4) is 0 Å². The first-order valence-electron chi connectivity index (χ1n) is 5.51. The summed E-state index contributed by atoms with van der Waals surface area (Å²) >= 11 is 5.67. The number of carbonyl (C=O) groups is 1. The first kappa shape index (κ1) is 15.6. The third kappa shape index (κ3) is 4.59.